The summed E-state index contributed by atoms with van der Waals surface area (Å²) in [6, 6.07) is 8.72. The SMILES string of the molecule is C[C@@H]1CCc2sc(C(=O)N3CCN(c4ccc(F)cc4)CC3)cc2C1. The van der Waals surface area contributed by atoms with Crippen molar-refractivity contribution in [1.82, 2.24) is 4.90 Å². The zero-order chi connectivity index (χ0) is 17.4. The highest BCUT2D eigenvalue weighted by Gasteiger charge is 2.26. The lowest BCUT2D eigenvalue weighted by Crippen LogP contribution is -2.48. The molecule has 0 saturated carbocycles. The van der Waals surface area contributed by atoms with E-state index in [1.165, 1.54) is 29.0 Å². The van der Waals surface area contributed by atoms with Crippen LogP contribution in [-0.2, 0) is 12.8 Å². The topological polar surface area (TPSA) is 23.6 Å². The number of thiophene rings is 1. The first-order chi connectivity index (χ1) is 12.1. The lowest BCUT2D eigenvalue weighted by atomic mass is 9.90. The summed E-state index contributed by atoms with van der Waals surface area (Å²) in [6.45, 7) is 5.31. The Morgan fingerprint density at radius 2 is 1.88 bits per heavy atom. The number of rotatable bonds is 2. The van der Waals surface area contributed by atoms with Crippen molar-refractivity contribution in [3.8, 4) is 0 Å². The second kappa shape index (κ2) is 6.79. The van der Waals surface area contributed by atoms with E-state index in [1.807, 2.05) is 4.90 Å². The van der Waals surface area contributed by atoms with Crippen molar-refractivity contribution in [3.63, 3.8) is 0 Å². The Morgan fingerprint density at radius 1 is 1.16 bits per heavy atom. The molecule has 0 radical (unpaired) electrons. The highest BCUT2D eigenvalue weighted by atomic mass is 32.1. The summed E-state index contributed by atoms with van der Waals surface area (Å²) in [6.07, 6.45) is 3.46. The van der Waals surface area contributed by atoms with E-state index >= 15 is 0 Å². The molecule has 2 heterocycles. The molecule has 3 nitrogen and oxygen atoms in total. The molecule has 1 atom stereocenters. The first-order valence-electron chi connectivity index (χ1n) is 9.01. The molecule has 0 spiro atoms. The number of nitrogens with zero attached hydrogens (tertiary/aromatic N) is 2. The first kappa shape index (κ1) is 16.6. The van der Waals surface area contributed by atoms with Gasteiger partial charge in [0.25, 0.3) is 5.91 Å². The molecular formula is C20H23FN2OS. The predicted octanol–water partition coefficient (Wildman–Crippen LogP) is 3.97. The molecule has 1 aromatic carbocycles. The largest absolute Gasteiger partial charge is 0.368 e. The summed E-state index contributed by atoms with van der Waals surface area (Å²) in [5.41, 5.74) is 2.41. The molecule has 4 rings (SSSR count). The Labute approximate surface area is 152 Å². The predicted molar refractivity (Wildman–Crippen MR) is 100 cm³/mol. The van der Waals surface area contributed by atoms with E-state index in [4.69, 9.17) is 0 Å². The Bertz CT molecular complexity index is 763. The van der Waals surface area contributed by atoms with Crippen molar-refractivity contribution in [2.45, 2.75) is 26.2 Å². The van der Waals surface area contributed by atoms with Crippen LogP contribution in [0.25, 0.3) is 0 Å². The van der Waals surface area contributed by atoms with Gasteiger partial charge in [0.2, 0.25) is 0 Å². The highest BCUT2D eigenvalue weighted by molar-refractivity contribution is 7.14. The number of halogens is 1. The Balaban J connectivity index is 1.40. The van der Waals surface area contributed by atoms with Crippen molar-refractivity contribution < 1.29 is 9.18 Å². The molecule has 1 aromatic heterocycles. The summed E-state index contributed by atoms with van der Waals surface area (Å²) in [5.74, 6) is 0.684. The van der Waals surface area contributed by atoms with Crippen LogP contribution in [0.4, 0.5) is 10.1 Å². The van der Waals surface area contributed by atoms with E-state index < -0.39 is 0 Å². The van der Waals surface area contributed by atoms with Crippen LogP contribution in [0.5, 0.6) is 0 Å². The van der Waals surface area contributed by atoms with Crippen LogP contribution < -0.4 is 4.90 Å². The second-order valence-corrected chi connectivity index (χ2v) is 8.30. The maximum Gasteiger partial charge on any atom is 0.264 e. The normalized spacial score (nSPS) is 20.5. The number of carbonyl (C=O) groups is 1. The van der Waals surface area contributed by atoms with E-state index in [0.717, 1.165) is 55.5 Å². The molecule has 5 heteroatoms. The third-order valence-corrected chi connectivity index (χ3v) is 6.52. The smallest absolute Gasteiger partial charge is 0.264 e. The van der Waals surface area contributed by atoms with Gasteiger partial charge in [0, 0.05) is 36.7 Å². The zero-order valence-electron chi connectivity index (χ0n) is 14.5. The molecule has 0 unspecified atom stereocenters. The second-order valence-electron chi connectivity index (χ2n) is 7.16. The number of carbonyl (C=O) groups excluding carboxylic acids is 1. The highest BCUT2D eigenvalue weighted by Crippen LogP contribution is 2.33. The van der Waals surface area contributed by atoms with Crippen LogP contribution in [0.15, 0.2) is 30.3 Å². The van der Waals surface area contributed by atoms with Gasteiger partial charge in [-0.25, -0.2) is 4.39 Å². The third-order valence-electron chi connectivity index (χ3n) is 5.30. The fourth-order valence-electron chi connectivity index (χ4n) is 3.79. The average molecular weight is 358 g/mol. The minimum atomic E-state index is -0.214. The van der Waals surface area contributed by atoms with Gasteiger partial charge in [-0.2, -0.15) is 0 Å². The number of piperazine rings is 1. The van der Waals surface area contributed by atoms with Gasteiger partial charge in [0.05, 0.1) is 4.88 Å². The van der Waals surface area contributed by atoms with Gasteiger partial charge in [-0.1, -0.05) is 6.92 Å². The molecule has 25 heavy (non-hydrogen) atoms. The fraction of sp³-hybridized carbons (Fsp3) is 0.450. The number of amides is 1. The number of benzene rings is 1. The van der Waals surface area contributed by atoms with Crippen LogP contribution in [0.3, 0.4) is 0 Å². The lowest BCUT2D eigenvalue weighted by molar-refractivity contribution is 0.0751. The van der Waals surface area contributed by atoms with E-state index in [9.17, 15) is 9.18 Å². The van der Waals surface area contributed by atoms with E-state index in [-0.39, 0.29) is 11.7 Å². The molecule has 0 N–H and O–H groups in total. The van der Waals surface area contributed by atoms with Crippen molar-refractivity contribution in [1.29, 1.82) is 0 Å². The minimum absolute atomic E-state index is 0.172. The Morgan fingerprint density at radius 3 is 2.60 bits per heavy atom. The van der Waals surface area contributed by atoms with Crippen molar-refractivity contribution >= 4 is 22.9 Å². The van der Waals surface area contributed by atoms with Crippen LogP contribution >= 0.6 is 11.3 Å². The molecule has 132 valence electrons. The monoisotopic (exact) mass is 358 g/mol. The zero-order valence-corrected chi connectivity index (χ0v) is 15.3. The van der Waals surface area contributed by atoms with Crippen molar-refractivity contribution in [2.75, 3.05) is 31.1 Å². The molecule has 1 fully saturated rings. The molecule has 1 amide bonds. The van der Waals surface area contributed by atoms with E-state index in [2.05, 4.69) is 17.9 Å². The Kier molecular flexibility index (Phi) is 4.50. The van der Waals surface area contributed by atoms with Gasteiger partial charge in [-0.05, 0) is 61.1 Å². The quantitative estimate of drug-likeness (QED) is 0.811. The molecular weight excluding hydrogens is 335 g/mol. The molecule has 2 aromatic rings. The number of aryl methyl sites for hydroxylation is 1. The van der Waals surface area contributed by atoms with Crippen LogP contribution in [0.1, 0.15) is 33.5 Å². The number of hydrogen-bond donors (Lipinski definition) is 0. The third kappa shape index (κ3) is 3.43. The van der Waals surface area contributed by atoms with Gasteiger partial charge in [-0.15, -0.1) is 11.3 Å². The summed E-state index contributed by atoms with van der Waals surface area (Å²) < 4.78 is 13.1. The molecule has 1 aliphatic heterocycles. The maximum atomic E-state index is 13.1. The van der Waals surface area contributed by atoms with Gasteiger partial charge >= 0.3 is 0 Å². The van der Waals surface area contributed by atoms with Crippen LogP contribution in [0, 0.1) is 11.7 Å². The number of fused-ring (bicyclic) bond motifs is 1. The van der Waals surface area contributed by atoms with Crippen LogP contribution in [0.2, 0.25) is 0 Å². The van der Waals surface area contributed by atoms with Crippen molar-refractivity contribution in [3.05, 3.63) is 51.5 Å². The molecule has 1 saturated heterocycles. The van der Waals surface area contributed by atoms with Gasteiger partial charge < -0.3 is 9.80 Å². The standard InChI is InChI=1S/C20H23FN2OS/c1-14-2-7-18-15(12-14)13-19(25-18)20(24)23-10-8-22(9-11-23)17-5-3-16(21)4-6-17/h3-6,13-14H,2,7-12H2,1H3/t14-/m1/s1. The minimum Gasteiger partial charge on any atom is -0.368 e. The van der Waals surface area contributed by atoms with Gasteiger partial charge in [0.15, 0.2) is 0 Å². The van der Waals surface area contributed by atoms with E-state index in [1.54, 1.807) is 23.5 Å². The number of anilines is 1. The summed E-state index contributed by atoms with van der Waals surface area (Å²) in [5, 5.41) is 0. The summed E-state index contributed by atoms with van der Waals surface area (Å²) >= 11 is 1.69. The van der Waals surface area contributed by atoms with E-state index in [0.29, 0.717) is 0 Å². The van der Waals surface area contributed by atoms with Crippen molar-refractivity contribution in [2.24, 2.45) is 5.92 Å². The molecule has 0 bridgehead atoms. The number of hydrogen-bond acceptors (Lipinski definition) is 3. The first-order valence-corrected chi connectivity index (χ1v) is 9.83. The maximum absolute atomic E-state index is 13.1. The van der Waals surface area contributed by atoms with Gasteiger partial charge in [-0.3, -0.25) is 4.79 Å². The fourth-order valence-corrected chi connectivity index (χ4v) is 4.96. The molecule has 1 aliphatic carbocycles. The Hall–Kier alpha value is -1.88. The summed E-state index contributed by atoms with van der Waals surface area (Å²) in [4.78, 5) is 19.3. The molecule has 2 aliphatic rings. The lowest BCUT2D eigenvalue weighted by Gasteiger charge is -2.36. The average Bonchev–Trinajstić information content (AvgIpc) is 3.05. The van der Waals surface area contributed by atoms with Crippen LogP contribution in [-0.4, -0.2) is 37.0 Å². The van der Waals surface area contributed by atoms with Gasteiger partial charge in [0.1, 0.15) is 5.82 Å². The summed E-state index contributed by atoms with van der Waals surface area (Å²) in [7, 11) is 0.